The number of unbranched alkanes of at least 4 members (excludes halogenated alkanes) is 1. The third-order valence-electron chi connectivity index (χ3n) is 2.46. The summed E-state index contributed by atoms with van der Waals surface area (Å²) in [7, 11) is 0. The molecule has 0 spiro atoms. The fraction of sp³-hybridized carbons (Fsp3) is 0.700. The van der Waals surface area contributed by atoms with Crippen molar-refractivity contribution < 1.29 is 19.2 Å². The number of hydrogen-bond acceptors (Lipinski definition) is 6. The highest BCUT2D eigenvalue weighted by molar-refractivity contribution is 6.01. The highest BCUT2D eigenvalue weighted by atomic mass is 16.7. The van der Waals surface area contributed by atoms with Crippen molar-refractivity contribution in [2.75, 3.05) is 6.54 Å². The Morgan fingerprint density at radius 2 is 1.88 bits per heavy atom. The third kappa shape index (κ3) is 3.79. The Labute approximate surface area is 99.0 Å². The van der Waals surface area contributed by atoms with Crippen molar-refractivity contribution in [3.8, 4) is 0 Å². The van der Waals surface area contributed by atoms with Crippen LogP contribution < -0.4 is 11.5 Å². The van der Waals surface area contributed by atoms with Gasteiger partial charge >= 0.3 is 5.97 Å². The molecular formula is C10H17N3O4. The van der Waals surface area contributed by atoms with E-state index in [0.717, 1.165) is 6.42 Å². The monoisotopic (exact) mass is 243 g/mol. The minimum absolute atomic E-state index is 0.0779. The lowest BCUT2D eigenvalue weighted by atomic mass is 10.1. The van der Waals surface area contributed by atoms with E-state index in [2.05, 4.69) is 4.84 Å². The number of amides is 2. The van der Waals surface area contributed by atoms with Gasteiger partial charge in [0.15, 0.2) is 0 Å². The maximum Gasteiger partial charge on any atom is 0.349 e. The van der Waals surface area contributed by atoms with Gasteiger partial charge in [0.25, 0.3) is 11.8 Å². The summed E-state index contributed by atoms with van der Waals surface area (Å²) in [6, 6.07) is -0.831. The van der Waals surface area contributed by atoms with Gasteiger partial charge in [-0.15, -0.1) is 5.06 Å². The van der Waals surface area contributed by atoms with Crippen LogP contribution in [0.3, 0.4) is 0 Å². The van der Waals surface area contributed by atoms with E-state index in [1.54, 1.807) is 0 Å². The standard InChI is InChI=1S/C10H17N3O4/c11-6-2-1-3-7(12)10(16)17-13-8(14)4-5-9(13)15/h7H,1-6,11-12H2/t7-/m0/s1. The number of imide groups is 1. The summed E-state index contributed by atoms with van der Waals surface area (Å²) in [6.45, 7) is 0.533. The van der Waals surface area contributed by atoms with Crippen LogP contribution in [0.15, 0.2) is 0 Å². The molecule has 0 aromatic heterocycles. The molecule has 1 saturated heterocycles. The zero-order valence-corrected chi connectivity index (χ0v) is 9.55. The van der Waals surface area contributed by atoms with Gasteiger partial charge in [-0.1, -0.05) is 6.42 Å². The molecule has 7 nitrogen and oxygen atoms in total. The number of carbonyl (C=O) groups is 3. The summed E-state index contributed by atoms with van der Waals surface area (Å²) in [4.78, 5) is 38.5. The van der Waals surface area contributed by atoms with Crippen LogP contribution in [0, 0.1) is 0 Å². The molecule has 1 aliphatic heterocycles. The average molecular weight is 243 g/mol. The normalized spacial score (nSPS) is 17.4. The quantitative estimate of drug-likeness (QED) is 0.459. The van der Waals surface area contributed by atoms with Crippen LogP contribution in [-0.4, -0.2) is 35.4 Å². The second kappa shape index (κ2) is 6.31. The van der Waals surface area contributed by atoms with Gasteiger partial charge in [-0.25, -0.2) is 4.79 Å². The summed E-state index contributed by atoms with van der Waals surface area (Å²) >= 11 is 0. The van der Waals surface area contributed by atoms with Crippen LogP contribution in [0.4, 0.5) is 0 Å². The van der Waals surface area contributed by atoms with Crippen LogP contribution in [0.1, 0.15) is 32.1 Å². The van der Waals surface area contributed by atoms with Crippen molar-refractivity contribution in [2.45, 2.75) is 38.1 Å². The molecule has 0 aromatic rings. The van der Waals surface area contributed by atoms with Gasteiger partial charge in [0.05, 0.1) is 0 Å². The number of hydrogen-bond donors (Lipinski definition) is 2. The predicted molar refractivity (Wildman–Crippen MR) is 58.1 cm³/mol. The highest BCUT2D eigenvalue weighted by Crippen LogP contribution is 2.13. The molecule has 17 heavy (non-hydrogen) atoms. The van der Waals surface area contributed by atoms with Crippen LogP contribution in [0.25, 0.3) is 0 Å². The Kier molecular flexibility index (Phi) is 5.05. The molecule has 0 bridgehead atoms. The fourth-order valence-electron chi connectivity index (χ4n) is 1.44. The number of nitrogens with zero attached hydrogens (tertiary/aromatic N) is 1. The van der Waals surface area contributed by atoms with Gasteiger partial charge in [0.1, 0.15) is 6.04 Å². The van der Waals surface area contributed by atoms with Gasteiger partial charge < -0.3 is 16.3 Å². The van der Waals surface area contributed by atoms with Crippen LogP contribution in [-0.2, 0) is 19.2 Å². The van der Waals surface area contributed by atoms with Crippen LogP contribution in [0.5, 0.6) is 0 Å². The van der Waals surface area contributed by atoms with Gasteiger partial charge in [-0.05, 0) is 19.4 Å². The molecule has 0 aromatic carbocycles. The largest absolute Gasteiger partial charge is 0.349 e. The highest BCUT2D eigenvalue weighted by Gasteiger charge is 2.33. The van der Waals surface area contributed by atoms with Gasteiger partial charge in [0.2, 0.25) is 0 Å². The first kappa shape index (κ1) is 13.6. The average Bonchev–Trinajstić information content (AvgIpc) is 2.61. The molecule has 4 N–H and O–H groups in total. The smallest absolute Gasteiger partial charge is 0.330 e. The fourth-order valence-corrected chi connectivity index (χ4v) is 1.44. The van der Waals surface area contributed by atoms with E-state index in [9.17, 15) is 14.4 Å². The molecule has 1 fully saturated rings. The SMILES string of the molecule is NCCCC[C@H](N)C(=O)ON1C(=O)CCC1=O. The molecule has 1 rings (SSSR count). The molecule has 0 saturated carbocycles. The molecule has 1 atom stereocenters. The Morgan fingerprint density at radius 1 is 1.29 bits per heavy atom. The Hall–Kier alpha value is -1.47. The Bertz CT molecular complexity index is 303. The third-order valence-corrected chi connectivity index (χ3v) is 2.46. The summed E-state index contributed by atoms with van der Waals surface area (Å²) in [5.41, 5.74) is 10.9. The van der Waals surface area contributed by atoms with Crippen molar-refractivity contribution in [2.24, 2.45) is 11.5 Å². The summed E-state index contributed by atoms with van der Waals surface area (Å²) < 4.78 is 0. The minimum atomic E-state index is -0.831. The van der Waals surface area contributed by atoms with E-state index >= 15 is 0 Å². The van der Waals surface area contributed by atoms with E-state index in [1.165, 1.54) is 0 Å². The van der Waals surface area contributed by atoms with Gasteiger partial charge in [-0.3, -0.25) is 9.59 Å². The maximum atomic E-state index is 11.5. The van der Waals surface area contributed by atoms with E-state index in [1.807, 2.05) is 0 Å². The lowest BCUT2D eigenvalue weighted by Gasteiger charge is -2.15. The lowest BCUT2D eigenvalue weighted by molar-refractivity contribution is -0.198. The zero-order chi connectivity index (χ0) is 12.8. The first-order chi connectivity index (χ1) is 8.06. The topological polar surface area (TPSA) is 116 Å². The van der Waals surface area contributed by atoms with Crippen molar-refractivity contribution in [1.29, 1.82) is 0 Å². The van der Waals surface area contributed by atoms with Crippen molar-refractivity contribution >= 4 is 17.8 Å². The second-order valence-corrected chi connectivity index (χ2v) is 3.88. The van der Waals surface area contributed by atoms with Gasteiger partial charge in [0, 0.05) is 12.8 Å². The molecule has 7 heteroatoms. The first-order valence-corrected chi connectivity index (χ1v) is 5.59. The molecule has 96 valence electrons. The summed E-state index contributed by atoms with van der Waals surface area (Å²) in [5.74, 6) is -1.76. The summed E-state index contributed by atoms with van der Waals surface area (Å²) in [6.07, 6.45) is 2.05. The van der Waals surface area contributed by atoms with Gasteiger partial charge in [-0.2, -0.15) is 0 Å². The van der Waals surface area contributed by atoms with Crippen LogP contribution >= 0.6 is 0 Å². The number of carbonyl (C=O) groups excluding carboxylic acids is 3. The zero-order valence-electron chi connectivity index (χ0n) is 9.55. The summed E-state index contributed by atoms with van der Waals surface area (Å²) in [5, 5.41) is 0.505. The van der Waals surface area contributed by atoms with E-state index in [4.69, 9.17) is 11.5 Å². The maximum absolute atomic E-state index is 11.5. The molecule has 2 amide bonds. The lowest BCUT2D eigenvalue weighted by Crippen LogP contribution is -2.40. The number of nitrogens with two attached hydrogens (primary N) is 2. The van der Waals surface area contributed by atoms with Crippen LogP contribution in [0.2, 0.25) is 0 Å². The molecule has 0 aliphatic carbocycles. The minimum Gasteiger partial charge on any atom is -0.330 e. The molecule has 0 radical (unpaired) electrons. The van der Waals surface area contributed by atoms with Crippen molar-refractivity contribution in [3.05, 3.63) is 0 Å². The first-order valence-electron chi connectivity index (χ1n) is 5.59. The van der Waals surface area contributed by atoms with Crippen molar-refractivity contribution in [1.82, 2.24) is 5.06 Å². The predicted octanol–water partition coefficient (Wildman–Crippen LogP) is -0.950. The van der Waals surface area contributed by atoms with Crippen molar-refractivity contribution in [3.63, 3.8) is 0 Å². The number of hydroxylamine groups is 2. The van der Waals surface area contributed by atoms with E-state index < -0.39 is 23.8 Å². The molecular weight excluding hydrogens is 226 g/mol. The Morgan fingerprint density at radius 3 is 2.41 bits per heavy atom. The Balaban J connectivity index is 2.37. The number of rotatable bonds is 6. The molecule has 1 aliphatic rings. The van der Waals surface area contributed by atoms with E-state index in [-0.39, 0.29) is 12.8 Å². The van der Waals surface area contributed by atoms with E-state index in [0.29, 0.717) is 24.4 Å². The second-order valence-electron chi connectivity index (χ2n) is 3.88. The molecule has 0 unspecified atom stereocenters. The molecule has 1 heterocycles.